The highest BCUT2D eigenvalue weighted by Gasteiger charge is 2.06. The van der Waals surface area contributed by atoms with Crippen LogP contribution >= 0.6 is 11.8 Å². The summed E-state index contributed by atoms with van der Waals surface area (Å²) in [6, 6.07) is 6.18. The normalized spacial score (nSPS) is 10.4. The molecule has 0 heterocycles. The first kappa shape index (κ1) is 13.8. The summed E-state index contributed by atoms with van der Waals surface area (Å²) in [7, 11) is 0. The highest BCUT2D eigenvalue weighted by molar-refractivity contribution is 8.00. The number of ether oxygens (including phenoxy) is 2. The number of carbonyl (C=O) groups is 1. The molecule has 1 aromatic rings. The maximum atomic E-state index is 12.0. The molecule has 0 saturated heterocycles. The molecule has 0 spiro atoms. The lowest BCUT2D eigenvalue weighted by Gasteiger charge is -2.06. The van der Waals surface area contributed by atoms with Crippen molar-refractivity contribution in [1.82, 2.24) is 0 Å². The Morgan fingerprint density at radius 2 is 2.24 bits per heavy atom. The maximum Gasteiger partial charge on any atom is 0.387 e. The molecule has 0 radical (unpaired) electrons. The van der Waals surface area contributed by atoms with Gasteiger partial charge in [-0.1, -0.05) is 6.07 Å². The second kappa shape index (κ2) is 7.11. The van der Waals surface area contributed by atoms with E-state index in [1.165, 1.54) is 23.9 Å². The molecule has 94 valence electrons. The van der Waals surface area contributed by atoms with Crippen molar-refractivity contribution in [2.24, 2.45) is 0 Å². The average Bonchev–Trinajstić information content (AvgIpc) is 2.26. The Bertz CT molecular complexity index is 371. The molecule has 0 bridgehead atoms. The van der Waals surface area contributed by atoms with Gasteiger partial charge < -0.3 is 9.47 Å². The number of thioether (sulfide) groups is 1. The van der Waals surface area contributed by atoms with Crippen molar-refractivity contribution in [3.8, 4) is 5.75 Å². The van der Waals surface area contributed by atoms with Crippen molar-refractivity contribution < 1.29 is 23.0 Å². The number of hydrogen-bond donors (Lipinski definition) is 0. The van der Waals surface area contributed by atoms with Crippen LogP contribution in [-0.2, 0) is 9.53 Å². The number of esters is 1. The summed E-state index contributed by atoms with van der Waals surface area (Å²) in [4.78, 5) is 11.8. The van der Waals surface area contributed by atoms with E-state index in [0.29, 0.717) is 11.5 Å². The van der Waals surface area contributed by atoms with Crippen molar-refractivity contribution in [2.75, 3.05) is 12.4 Å². The minimum atomic E-state index is -2.85. The van der Waals surface area contributed by atoms with Gasteiger partial charge in [0.1, 0.15) is 5.75 Å². The Kier molecular flexibility index (Phi) is 5.76. The van der Waals surface area contributed by atoms with Crippen molar-refractivity contribution in [3.63, 3.8) is 0 Å². The molecule has 0 fully saturated rings. The lowest BCUT2D eigenvalue weighted by atomic mass is 10.3. The Labute approximate surface area is 102 Å². The van der Waals surface area contributed by atoms with Gasteiger partial charge in [-0.05, 0) is 25.1 Å². The van der Waals surface area contributed by atoms with Crippen LogP contribution in [-0.4, -0.2) is 24.9 Å². The zero-order chi connectivity index (χ0) is 12.7. The lowest BCUT2D eigenvalue weighted by Crippen LogP contribution is -2.06. The summed E-state index contributed by atoms with van der Waals surface area (Å²) >= 11 is 1.21. The van der Waals surface area contributed by atoms with Crippen molar-refractivity contribution in [3.05, 3.63) is 24.3 Å². The van der Waals surface area contributed by atoms with Gasteiger partial charge in [0.15, 0.2) is 0 Å². The Morgan fingerprint density at radius 3 is 2.88 bits per heavy atom. The second-order valence-electron chi connectivity index (χ2n) is 2.95. The van der Waals surface area contributed by atoms with Crippen molar-refractivity contribution in [2.45, 2.75) is 18.4 Å². The summed E-state index contributed by atoms with van der Waals surface area (Å²) in [5, 5.41) is 0. The van der Waals surface area contributed by atoms with Crippen LogP contribution < -0.4 is 4.74 Å². The van der Waals surface area contributed by atoms with E-state index in [1.54, 1.807) is 19.1 Å². The fourth-order valence-electron chi connectivity index (χ4n) is 1.09. The van der Waals surface area contributed by atoms with Crippen LogP contribution in [0.5, 0.6) is 5.75 Å². The molecule has 0 aromatic heterocycles. The van der Waals surface area contributed by atoms with Crippen molar-refractivity contribution in [1.29, 1.82) is 0 Å². The minimum Gasteiger partial charge on any atom is -0.465 e. The zero-order valence-electron chi connectivity index (χ0n) is 9.19. The highest BCUT2D eigenvalue weighted by atomic mass is 32.2. The molecule has 0 aliphatic carbocycles. The maximum absolute atomic E-state index is 12.0. The highest BCUT2D eigenvalue weighted by Crippen LogP contribution is 2.24. The molecular weight excluding hydrogens is 250 g/mol. The average molecular weight is 262 g/mol. The molecule has 3 nitrogen and oxygen atoms in total. The molecule has 0 N–H and O–H groups in total. The molecule has 0 aliphatic heterocycles. The van der Waals surface area contributed by atoms with E-state index < -0.39 is 6.61 Å². The molecule has 0 unspecified atom stereocenters. The summed E-state index contributed by atoms with van der Waals surface area (Å²) in [6.07, 6.45) is 0. The fourth-order valence-corrected chi connectivity index (χ4v) is 1.83. The van der Waals surface area contributed by atoms with E-state index in [0.717, 1.165) is 0 Å². The van der Waals surface area contributed by atoms with Crippen LogP contribution in [0.4, 0.5) is 8.78 Å². The van der Waals surface area contributed by atoms with Gasteiger partial charge in [0.05, 0.1) is 12.4 Å². The van der Waals surface area contributed by atoms with Gasteiger partial charge in [0.2, 0.25) is 0 Å². The van der Waals surface area contributed by atoms with E-state index >= 15 is 0 Å². The van der Waals surface area contributed by atoms with Gasteiger partial charge in [0.25, 0.3) is 0 Å². The summed E-state index contributed by atoms with van der Waals surface area (Å²) in [6.45, 7) is -0.798. The molecule has 0 amide bonds. The van der Waals surface area contributed by atoms with Crippen LogP contribution in [0.25, 0.3) is 0 Å². The van der Waals surface area contributed by atoms with Gasteiger partial charge in [-0.25, -0.2) is 0 Å². The smallest absolute Gasteiger partial charge is 0.387 e. The monoisotopic (exact) mass is 262 g/mol. The quantitative estimate of drug-likeness (QED) is 0.583. The first-order valence-corrected chi connectivity index (χ1v) is 5.93. The second-order valence-corrected chi connectivity index (χ2v) is 4.00. The van der Waals surface area contributed by atoms with E-state index in [-0.39, 0.29) is 17.5 Å². The number of rotatable bonds is 6. The first-order chi connectivity index (χ1) is 8.11. The predicted octanol–water partition coefficient (Wildman–Crippen LogP) is 2.94. The van der Waals surface area contributed by atoms with Gasteiger partial charge >= 0.3 is 12.6 Å². The Balaban J connectivity index is 2.51. The SMILES string of the molecule is CCOC(=O)CSc1cccc(OC(F)F)c1. The molecule has 0 aliphatic rings. The predicted molar refractivity (Wildman–Crippen MR) is 60.4 cm³/mol. The third-order valence-electron chi connectivity index (χ3n) is 1.69. The van der Waals surface area contributed by atoms with E-state index in [1.807, 2.05) is 0 Å². The third kappa shape index (κ3) is 5.53. The topological polar surface area (TPSA) is 35.5 Å². The fraction of sp³-hybridized carbons (Fsp3) is 0.364. The first-order valence-electron chi connectivity index (χ1n) is 4.95. The molecule has 1 rings (SSSR count). The number of halogens is 2. The number of alkyl halides is 2. The van der Waals surface area contributed by atoms with E-state index in [2.05, 4.69) is 4.74 Å². The van der Waals surface area contributed by atoms with E-state index in [9.17, 15) is 13.6 Å². The van der Waals surface area contributed by atoms with Crippen LogP contribution in [0, 0.1) is 0 Å². The molecule has 1 aromatic carbocycles. The summed E-state index contributed by atoms with van der Waals surface area (Å²) in [5.74, 6) is -0.113. The van der Waals surface area contributed by atoms with E-state index in [4.69, 9.17) is 4.74 Å². The molecule has 17 heavy (non-hydrogen) atoms. The van der Waals surface area contributed by atoms with Gasteiger partial charge in [0, 0.05) is 4.90 Å². The lowest BCUT2D eigenvalue weighted by molar-refractivity contribution is -0.139. The summed E-state index contributed by atoms with van der Waals surface area (Å²) < 4.78 is 32.9. The molecule has 0 atom stereocenters. The van der Waals surface area contributed by atoms with Gasteiger partial charge in [-0.3, -0.25) is 4.79 Å². The molecular formula is C11H12F2O3S. The summed E-state index contributed by atoms with van der Waals surface area (Å²) in [5.41, 5.74) is 0. The molecule has 6 heteroatoms. The van der Waals surface area contributed by atoms with Gasteiger partial charge in [-0.15, -0.1) is 11.8 Å². The minimum absolute atomic E-state index is 0.0776. The number of carbonyl (C=O) groups excluding carboxylic acids is 1. The third-order valence-corrected chi connectivity index (χ3v) is 2.66. The number of benzene rings is 1. The standard InChI is InChI=1S/C11H12F2O3S/c1-2-15-10(14)7-17-9-5-3-4-8(6-9)16-11(12)13/h3-6,11H,2,7H2,1H3. The van der Waals surface area contributed by atoms with Crippen LogP contribution in [0.15, 0.2) is 29.2 Å². The van der Waals surface area contributed by atoms with Crippen LogP contribution in [0.1, 0.15) is 6.92 Å². The Hall–Kier alpha value is -1.30. The number of hydrogen-bond acceptors (Lipinski definition) is 4. The van der Waals surface area contributed by atoms with Crippen molar-refractivity contribution >= 4 is 17.7 Å². The molecule has 0 saturated carbocycles. The largest absolute Gasteiger partial charge is 0.465 e. The zero-order valence-corrected chi connectivity index (χ0v) is 10.0. The van der Waals surface area contributed by atoms with Gasteiger partial charge in [-0.2, -0.15) is 8.78 Å². The van der Waals surface area contributed by atoms with Crippen LogP contribution in [0.2, 0.25) is 0 Å². The van der Waals surface area contributed by atoms with Crippen LogP contribution in [0.3, 0.4) is 0 Å². The Morgan fingerprint density at radius 1 is 1.47 bits per heavy atom.